The zero-order chi connectivity index (χ0) is 28.4. The van der Waals surface area contributed by atoms with Crippen LogP contribution in [0.1, 0.15) is 111 Å². The Hall–Kier alpha value is -3.34. The molecule has 0 spiro atoms. The average Bonchev–Trinajstić information content (AvgIpc) is 3.23. The summed E-state index contributed by atoms with van der Waals surface area (Å²) < 4.78 is 2.06. The summed E-state index contributed by atoms with van der Waals surface area (Å²) >= 11 is 0. The monoisotopic (exact) mass is 530 g/mol. The third-order valence-corrected chi connectivity index (χ3v) is 7.45. The Balaban J connectivity index is 1.82. The lowest BCUT2D eigenvalue weighted by atomic mass is 9.96. The number of benzene rings is 2. The number of hydrogen-bond acceptors (Lipinski definition) is 3. The maximum absolute atomic E-state index is 13.7. The van der Waals surface area contributed by atoms with Gasteiger partial charge in [-0.25, -0.2) is 0 Å². The van der Waals surface area contributed by atoms with Gasteiger partial charge in [-0.3, -0.25) is 9.59 Å². The number of anilines is 1. The van der Waals surface area contributed by atoms with Crippen molar-refractivity contribution in [2.45, 2.75) is 91.5 Å². The Kier molecular flexibility index (Phi) is 11.4. The topological polar surface area (TPSA) is 71.3 Å². The molecule has 0 aliphatic rings. The molecule has 210 valence electrons. The van der Waals surface area contributed by atoms with Crippen LogP contribution in [0.5, 0.6) is 0 Å². The third kappa shape index (κ3) is 8.58. The van der Waals surface area contributed by atoms with Gasteiger partial charge in [0.2, 0.25) is 0 Å². The Bertz CT molecular complexity index is 1220. The largest absolute Gasteiger partial charge is 0.481 e. The summed E-state index contributed by atoms with van der Waals surface area (Å²) in [5.74, 6) is -0.149. The third-order valence-electron chi connectivity index (χ3n) is 7.45. The number of carbonyl (C=O) groups excluding carboxylic acids is 1. The molecular formula is C34H46N2O3. The molecule has 0 amide bonds. The molecule has 1 unspecified atom stereocenters. The van der Waals surface area contributed by atoms with Crippen LogP contribution < -0.4 is 5.32 Å². The van der Waals surface area contributed by atoms with Crippen molar-refractivity contribution in [3.8, 4) is 0 Å². The van der Waals surface area contributed by atoms with E-state index < -0.39 is 5.97 Å². The number of ketones is 1. The Labute approximate surface area is 234 Å². The fourth-order valence-corrected chi connectivity index (χ4v) is 5.37. The highest BCUT2D eigenvalue weighted by atomic mass is 16.4. The van der Waals surface area contributed by atoms with Crippen molar-refractivity contribution in [3.63, 3.8) is 0 Å². The van der Waals surface area contributed by atoms with Crippen LogP contribution in [0.2, 0.25) is 0 Å². The van der Waals surface area contributed by atoms with Gasteiger partial charge in [0, 0.05) is 41.7 Å². The van der Waals surface area contributed by atoms with Crippen LogP contribution >= 0.6 is 0 Å². The molecule has 0 fully saturated rings. The SMILES string of the molecule is CCCCCC(Nc1cccc(C(=O)c2cc(CCCC(=O)O)n(C)c2CC)c1)c1ccc(CC(C)C)cc1. The summed E-state index contributed by atoms with van der Waals surface area (Å²) in [6, 6.07) is 19.0. The molecule has 0 aliphatic heterocycles. The summed E-state index contributed by atoms with van der Waals surface area (Å²) in [6.07, 6.45) is 7.71. The Morgan fingerprint density at radius 2 is 1.72 bits per heavy atom. The molecule has 0 aliphatic carbocycles. The van der Waals surface area contributed by atoms with Gasteiger partial charge in [0.05, 0.1) is 6.04 Å². The molecule has 3 aromatic rings. The number of nitrogens with one attached hydrogen (secondary N) is 1. The van der Waals surface area contributed by atoms with E-state index in [9.17, 15) is 9.59 Å². The summed E-state index contributed by atoms with van der Waals surface area (Å²) in [5.41, 5.74) is 6.96. The average molecular weight is 531 g/mol. The number of rotatable bonds is 16. The first-order valence-corrected chi connectivity index (χ1v) is 14.6. The van der Waals surface area contributed by atoms with Gasteiger partial charge in [0.15, 0.2) is 5.78 Å². The van der Waals surface area contributed by atoms with Crippen molar-refractivity contribution in [2.24, 2.45) is 13.0 Å². The second-order valence-corrected chi connectivity index (χ2v) is 11.1. The van der Waals surface area contributed by atoms with Crippen LogP contribution in [0.3, 0.4) is 0 Å². The lowest BCUT2D eigenvalue weighted by molar-refractivity contribution is -0.137. The van der Waals surface area contributed by atoms with Gasteiger partial charge in [-0.15, -0.1) is 0 Å². The van der Waals surface area contributed by atoms with E-state index in [-0.39, 0.29) is 18.2 Å². The number of carboxylic acids is 1. The lowest BCUT2D eigenvalue weighted by Gasteiger charge is -2.21. The van der Waals surface area contributed by atoms with Crippen LogP contribution in [0.25, 0.3) is 0 Å². The Morgan fingerprint density at radius 1 is 0.974 bits per heavy atom. The molecule has 2 N–H and O–H groups in total. The quantitative estimate of drug-likeness (QED) is 0.145. The summed E-state index contributed by atoms with van der Waals surface area (Å²) in [4.78, 5) is 24.6. The van der Waals surface area contributed by atoms with Crippen LogP contribution in [-0.2, 0) is 31.1 Å². The van der Waals surface area contributed by atoms with E-state index in [1.54, 1.807) is 0 Å². The van der Waals surface area contributed by atoms with Gasteiger partial charge in [-0.1, -0.05) is 83.4 Å². The molecule has 5 nitrogen and oxygen atoms in total. The van der Waals surface area contributed by atoms with Gasteiger partial charge in [0.1, 0.15) is 0 Å². The highest BCUT2D eigenvalue weighted by Gasteiger charge is 2.20. The zero-order valence-corrected chi connectivity index (χ0v) is 24.4. The van der Waals surface area contributed by atoms with Crippen LogP contribution in [-0.4, -0.2) is 21.4 Å². The van der Waals surface area contributed by atoms with Gasteiger partial charge >= 0.3 is 5.97 Å². The minimum absolute atomic E-state index is 0.0103. The van der Waals surface area contributed by atoms with E-state index in [2.05, 4.69) is 61.8 Å². The van der Waals surface area contributed by atoms with E-state index >= 15 is 0 Å². The molecule has 1 heterocycles. The molecule has 0 radical (unpaired) electrons. The van der Waals surface area contributed by atoms with Crippen molar-refractivity contribution in [1.82, 2.24) is 4.57 Å². The van der Waals surface area contributed by atoms with Crippen LogP contribution in [0.15, 0.2) is 54.6 Å². The lowest BCUT2D eigenvalue weighted by Crippen LogP contribution is -2.12. The molecular weight excluding hydrogens is 484 g/mol. The maximum Gasteiger partial charge on any atom is 0.303 e. The molecule has 3 rings (SSSR count). The molecule has 0 saturated carbocycles. The second kappa shape index (κ2) is 14.7. The summed E-state index contributed by atoms with van der Waals surface area (Å²) in [5, 5.41) is 12.7. The van der Waals surface area contributed by atoms with Crippen molar-refractivity contribution in [1.29, 1.82) is 0 Å². The molecule has 1 atom stereocenters. The fourth-order valence-electron chi connectivity index (χ4n) is 5.37. The van der Waals surface area contributed by atoms with Crippen molar-refractivity contribution in [3.05, 3.63) is 88.2 Å². The number of aliphatic carboxylic acids is 1. The Morgan fingerprint density at radius 3 is 2.36 bits per heavy atom. The highest BCUT2D eigenvalue weighted by Crippen LogP contribution is 2.28. The van der Waals surface area contributed by atoms with E-state index in [0.717, 1.165) is 42.8 Å². The number of nitrogens with zero attached hydrogens (tertiary/aromatic N) is 1. The predicted octanol–water partition coefficient (Wildman–Crippen LogP) is 8.16. The van der Waals surface area contributed by atoms with Crippen molar-refractivity contribution >= 4 is 17.4 Å². The van der Waals surface area contributed by atoms with Crippen molar-refractivity contribution < 1.29 is 14.7 Å². The van der Waals surface area contributed by atoms with E-state index in [4.69, 9.17) is 5.11 Å². The molecule has 2 aromatic carbocycles. The summed E-state index contributed by atoms with van der Waals surface area (Å²) in [7, 11) is 1.97. The number of aromatic nitrogens is 1. The number of aryl methyl sites for hydroxylation is 1. The van der Waals surface area contributed by atoms with Gasteiger partial charge in [-0.2, -0.15) is 0 Å². The molecule has 0 saturated heterocycles. The maximum atomic E-state index is 13.7. The standard InChI is InChI=1S/C34H46N2O3/c1-6-8-9-15-31(26-19-17-25(18-20-26)21-24(3)4)35-28-13-10-12-27(22-28)34(39)30-23-29(14-11-16-33(37)38)36(5)32(30)7-2/h10,12-13,17-20,22-24,31,35H,6-9,11,14-16,21H2,1-5H3,(H,37,38). The molecule has 5 heteroatoms. The zero-order valence-electron chi connectivity index (χ0n) is 24.4. The van der Waals surface area contributed by atoms with Crippen molar-refractivity contribution in [2.75, 3.05) is 5.32 Å². The van der Waals surface area contributed by atoms with E-state index in [1.807, 2.05) is 37.4 Å². The minimum Gasteiger partial charge on any atom is -0.481 e. The first kappa shape index (κ1) is 30.2. The minimum atomic E-state index is -0.792. The normalized spacial score (nSPS) is 12.1. The first-order valence-electron chi connectivity index (χ1n) is 14.6. The molecule has 39 heavy (non-hydrogen) atoms. The number of hydrogen-bond donors (Lipinski definition) is 2. The first-order chi connectivity index (χ1) is 18.7. The number of carboxylic acid groups (broad SMARTS) is 1. The fraction of sp³-hybridized carbons (Fsp3) is 0.471. The summed E-state index contributed by atoms with van der Waals surface area (Å²) in [6.45, 7) is 8.77. The van der Waals surface area contributed by atoms with Gasteiger partial charge in [0.25, 0.3) is 0 Å². The predicted molar refractivity (Wildman–Crippen MR) is 161 cm³/mol. The van der Waals surface area contributed by atoms with Crippen LogP contribution in [0.4, 0.5) is 5.69 Å². The van der Waals surface area contributed by atoms with E-state index in [0.29, 0.717) is 29.9 Å². The molecule has 0 bridgehead atoms. The molecule has 1 aromatic heterocycles. The van der Waals surface area contributed by atoms with Gasteiger partial charge in [-0.05, 0) is 67.3 Å². The second-order valence-electron chi connectivity index (χ2n) is 11.1. The van der Waals surface area contributed by atoms with E-state index in [1.165, 1.54) is 24.0 Å². The number of unbranched alkanes of at least 4 members (excludes halogenated alkanes) is 2. The smallest absolute Gasteiger partial charge is 0.303 e. The van der Waals surface area contributed by atoms with Gasteiger partial charge < -0.3 is 15.0 Å². The highest BCUT2D eigenvalue weighted by molar-refractivity contribution is 6.10. The van der Waals surface area contributed by atoms with Crippen LogP contribution in [0, 0.1) is 5.92 Å². The number of carbonyl (C=O) groups is 2.